The fourth-order valence-electron chi connectivity index (χ4n) is 2.64. The van der Waals surface area contributed by atoms with Crippen LogP contribution in [0.1, 0.15) is 25.0 Å². The average Bonchev–Trinajstić information content (AvgIpc) is 2.26. The van der Waals surface area contributed by atoms with Gasteiger partial charge in [0.05, 0.1) is 17.9 Å². The molecule has 2 N–H and O–H groups in total. The molecule has 0 saturated carbocycles. The van der Waals surface area contributed by atoms with Crippen molar-refractivity contribution in [3.8, 4) is 0 Å². The van der Waals surface area contributed by atoms with Crippen molar-refractivity contribution in [3.05, 3.63) is 29.3 Å². The Labute approximate surface area is 114 Å². The number of thiocarbonyl (C=S) groups is 1. The fourth-order valence-corrected chi connectivity index (χ4v) is 2.80. The Morgan fingerprint density at radius 2 is 1.94 bits per heavy atom. The Balaban J connectivity index is 2.40. The molecule has 1 heterocycles. The number of morpholine rings is 1. The lowest BCUT2D eigenvalue weighted by Crippen LogP contribution is -2.46. The summed E-state index contributed by atoms with van der Waals surface area (Å²) in [6, 6.07) is 6.10. The molecule has 0 unspecified atom stereocenters. The van der Waals surface area contributed by atoms with Crippen LogP contribution >= 0.6 is 12.2 Å². The second-order valence-electron chi connectivity index (χ2n) is 5.00. The van der Waals surface area contributed by atoms with E-state index in [9.17, 15) is 0 Å². The van der Waals surface area contributed by atoms with Gasteiger partial charge in [-0.25, -0.2) is 0 Å². The number of aryl methyl sites for hydroxylation is 1. The first kappa shape index (κ1) is 13.3. The summed E-state index contributed by atoms with van der Waals surface area (Å²) in [5, 5.41) is 0. The first-order valence-electron chi connectivity index (χ1n) is 6.29. The number of para-hydroxylation sites is 1. The maximum atomic E-state index is 5.83. The molecule has 3 nitrogen and oxygen atoms in total. The quantitative estimate of drug-likeness (QED) is 0.832. The van der Waals surface area contributed by atoms with Gasteiger partial charge in [0, 0.05) is 18.7 Å². The maximum absolute atomic E-state index is 5.83. The van der Waals surface area contributed by atoms with Crippen LogP contribution in [0, 0.1) is 6.92 Å². The van der Waals surface area contributed by atoms with Crippen molar-refractivity contribution in [1.29, 1.82) is 0 Å². The molecule has 1 fully saturated rings. The number of rotatable bonds is 2. The smallest absolute Gasteiger partial charge is 0.106 e. The summed E-state index contributed by atoms with van der Waals surface area (Å²) in [5.74, 6) is 0. The molecule has 1 aromatic carbocycles. The predicted octanol–water partition coefficient (Wildman–Crippen LogP) is 2.24. The molecule has 2 atom stereocenters. The van der Waals surface area contributed by atoms with E-state index in [-0.39, 0.29) is 12.2 Å². The first-order valence-corrected chi connectivity index (χ1v) is 6.69. The number of nitrogens with zero attached hydrogens (tertiary/aromatic N) is 1. The highest BCUT2D eigenvalue weighted by Crippen LogP contribution is 2.28. The van der Waals surface area contributed by atoms with Crippen molar-refractivity contribution >= 4 is 22.9 Å². The highest BCUT2D eigenvalue weighted by atomic mass is 32.1. The number of nitrogens with two attached hydrogens (primary N) is 1. The topological polar surface area (TPSA) is 38.5 Å². The molecule has 0 aliphatic carbocycles. The molecule has 98 valence electrons. The summed E-state index contributed by atoms with van der Waals surface area (Å²) >= 11 is 5.16. The van der Waals surface area contributed by atoms with E-state index in [1.54, 1.807) is 0 Å². The molecule has 2 rings (SSSR count). The average molecular weight is 264 g/mol. The largest absolute Gasteiger partial charge is 0.389 e. The van der Waals surface area contributed by atoms with Crippen LogP contribution in [0.4, 0.5) is 5.69 Å². The van der Waals surface area contributed by atoms with Crippen molar-refractivity contribution in [2.45, 2.75) is 33.0 Å². The second-order valence-corrected chi connectivity index (χ2v) is 5.44. The van der Waals surface area contributed by atoms with Crippen molar-refractivity contribution in [1.82, 2.24) is 0 Å². The van der Waals surface area contributed by atoms with E-state index in [4.69, 9.17) is 22.7 Å². The van der Waals surface area contributed by atoms with Crippen LogP contribution < -0.4 is 10.6 Å². The minimum absolute atomic E-state index is 0.229. The van der Waals surface area contributed by atoms with E-state index in [1.807, 2.05) is 12.1 Å². The predicted molar refractivity (Wildman–Crippen MR) is 79.3 cm³/mol. The molecule has 4 heteroatoms. The van der Waals surface area contributed by atoms with Gasteiger partial charge in [-0.3, -0.25) is 0 Å². The number of ether oxygens (including phenoxy) is 1. The third-order valence-corrected chi connectivity index (χ3v) is 3.46. The van der Waals surface area contributed by atoms with Crippen LogP contribution in [0.2, 0.25) is 0 Å². The van der Waals surface area contributed by atoms with E-state index >= 15 is 0 Å². The molecule has 1 aliphatic heterocycles. The number of benzene rings is 1. The molecule has 0 spiro atoms. The van der Waals surface area contributed by atoms with Crippen molar-refractivity contribution in [2.24, 2.45) is 5.73 Å². The van der Waals surface area contributed by atoms with Crippen LogP contribution in [0.5, 0.6) is 0 Å². The minimum Gasteiger partial charge on any atom is -0.389 e. The molecular formula is C14H20N2OS. The van der Waals surface area contributed by atoms with Crippen molar-refractivity contribution in [2.75, 3.05) is 18.0 Å². The highest BCUT2D eigenvalue weighted by Gasteiger charge is 2.25. The van der Waals surface area contributed by atoms with Crippen LogP contribution in [0.25, 0.3) is 0 Å². The van der Waals surface area contributed by atoms with E-state index < -0.39 is 0 Å². The summed E-state index contributed by atoms with van der Waals surface area (Å²) in [7, 11) is 0. The summed E-state index contributed by atoms with van der Waals surface area (Å²) in [6.07, 6.45) is 0.458. The maximum Gasteiger partial charge on any atom is 0.106 e. The van der Waals surface area contributed by atoms with Crippen LogP contribution in [-0.4, -0.2) is 30.3 Å². The standard InChI is InChI=1S/C14H20N2OS/c1-9-5-4-6-12(14(15)18)13(9)16-7-10(2)17-11(3)8-16/h4-6,10-11H,7-8H2,1-3H3,(H2,15,18)/t10-,11+. The van der Waals surface area contributed by atoms with Gasteiger partial charge in [-0.2, -0.15) is 0 Å². The summed E-state index contributed by atoms with van der Waals surface area (Å²) in [5.41, 5.74) is 9.17. The summed E-state index contributed by atoms with van der Waals surface area (Å²) < 4.78 is 5.77. The third kappa shape index (κ3) is 2.65. The molecule has 0 amide bonds. The van der Waals surface area contributed by atoms with Crippen LogP contribution in [0.3, 0.4) is 0 Å². The zero-order valence-electron chi connectivity index (χ0n) is 11.1. The van der Waals surface area contributed by atoms with Gasteiger partial charge in [0.1, 0.15) is 4.99 Å². The lowest BCUT2D eigenvalue weighted by molar-refractivity contribution is -0.00525. The monoisotopic (exact) mass is 264 g/mol. The molecule has 1 aliphatic rings. The lowest BCUT2D eigenvalue weighted by atomic mass is 10.0. The minimum atomic E-state index is 0.229. The normalized spacial score (nSPS) is 24.1. The van der Waals surface area contributed by atoms with Gasteiger partial charge < -0.3 is 15.4 Å². The van der Waals surface area contributed by atoms with Gasteiger partial charge in [0.15, 0.2) is 0 Å². The lowest BCUT2D eigenvalue weighted by Gasteiger charge is -2.38. The molecule has 18 heavy (non-hydrogen) atoms. The molecule has 0 aromatic heterocycles. The zero-order chi connectivity index (χ0) is 13.3. The number of hydrogen-bond acceptors (Lipinski definition) is 3. The van der Waals surface area contributed by atoms with Crippen molar-refractivity contribution in [3.63, 3.8) is 0 Å². The van der Waals surface area contributed by atoms with Crippen LogP contribution in [-0.2, 0) is 4.74 Å². The van der Waals surface area contributed by atoms with Crippen LogP contribution in [0.15, 0.2) is 18.2 Å². The van der Waals surface area contributed by atoms with Gasteiger partial charge in [0.2, 0.25) is 0 Å². The van der Waals surface area contributed by atoms with Gasteiger partial charge in [-0.1, -0.05) is 24.4 Å². The number of anilines is 1. The van der Waals surface area contributed by atoms with Gasteiger partial charge in [-0.05, 0) is 32.4 Å². The Kier molecular flexibility index (Phi) is 3.88. The zero-order valence-corrected chi connectivity index (χ0v) is 12.0. The summed E-state index contributed by atoms with van der Waals surface area (Å²) in [6.45, 7) is 8.06. The molecular weight excluding hydrogens is 244 g/mol. The second kappa shape index (κ2) is 5.24. The molecule has 0 radical (unpaired) electrons. The van der Waals surface area contributed by atoms with Gasteiger partial charge >= 0.3 is 0 Å². The van der Waals surface area contributed by atoms with Gasteiger partial charge in [-0.15, -0.1) is 0 Å². The number of hydrogen-bond donors (Lipinski definition) is 1. The molecule has 1 saturated heterocycles. The van der Waals surface area contributed by atoms with Gasteiger partial charge in [0.25, 0.3) is 0 Å². The Morgan fingerprint density at radius 1 is 1.33 bits per heavy atom. The molecule has 1 aromatic rings. The Hall–Kier alpha value is -1.13. The van der Waals surface area contributed by atoms with E-state index in [0.717, 1.165) is 24.3 Å². The van der Waals surface area contributed by atoms with E-state index in [1.165, 1.54) is 5.56 Å². The molecule has 0 bridgehead atoms. The van der Waals surface area contributed by atoms with Crippen molar-refractivity contribution < 1.29 is 4.74 Å². The fraction of sp³-hybridized carbons (Fsp3) is 0.500. The first-order chi connectivity index (χ1) is 8.49. The summed E-state index contributed by atoms with van der Waals surface area (Å²) in [4.78, 5) is 2.79. The Morgan fingerprint density at radius 3 is 2.50 bits per heavy atom. The van der Waals surface area contributed by atoms with E-state index in [2.05, 4.69) is 31.7 Å². The van der Waals surface area contributed by atoms with E-state index in [0.29, 0.717) is 4.99 Å². The highest BCUT2D eigenvalue weighted by molar-refractivity contribution is 7.80. The third-order valence-electron chi connectivity index (χ3n) is 3.24. The SMILES string of the molecule is Cc1cccc(C(N)=S)c1N1C[C@@H](C)O[C@@H](C)C1. The Bertz CT molecular complexity index is 451.